The number of hydrogen-bond acceptors (Lipinski definition) is 4. The van der Waals surface area contributed by atoms with Gasteiger partial charge >= 0.3 is 0 Å². The lowest BCUT2D eigenvalue weighted by atomic mass is 10.1. The number of amides is 1. The van der Waals surface area contributed by atoms with Gasteiger partial charge in [-0.1, -0.05) is 29.8 Å². The number of carbonyl (C=O) groups excluding carboxylic acids is 1. The number of hydrogen-bond donors (Lipinski definition) is 0. The van der Waals surface area contributed by atoms with Crippen LogP contribution in [-0.2, 0) is 19.6 Å². The smallest absolute Gasteiger partial charge is 0.254 e. The van der Waals surface area contributed by atoms with Gasteiger partial charge in [0.05, 0.1) is 12.2 Å². The van der Waals surface area contributed by atoms with Gasteiger partial charge in [0, 0.05) is 18.5 Å². The van der Waals surface area contributed by atoms with Crippen molar-refractivity contribution in [2.45, 2.75) is 33.4 Å². The number of ether oxygens (including phenoxy) is 1. The average molecular weight is 362 g/mol. The van der Waals surface area contributed by atoms with Gasteiger partial charge in [0.15, 0.2) is 6.61 Å². The summed E-state index contributed by atoms with van der Waals surface area (Å²) in [5.74, 6) is 2.12. The fraction of sp³-hybridized carbons (Fsp3) is 0.273. The number of nitrogens with zero attached hydrogens (tertiary/aromatic N) is 2. The molecule has 138 valence electrons. The van der Waals surface area contributed by atoms with Gasteiger partial charge in [-0.15, -0.1) is 0 Å². The monoisotopic (exact) mass is 362 g/mol. The van der Waals surface area contributed by atoms with Crippen LogP contribution in [0.3, 0.4) is 0 Å². The Morgan fingerprint density at radius 3 is 2.70 bits per heavy atom. The Morgan fingerprint density at radius 1 is 1.15 bits per heavy atom. The van der Waals surface area contributed by atoms with Gasteiger partial charge in [-0.05, 0) is 43.7 Å². The van der Waals surface area contributed by atoms with E-state index in [4.69, 9.17) is 9.15 Å². The second-order valence-electron chi connectivity index (χ2n) is 6.93. The van der Waals surface area contributed by atoms with Gasteiger partial charge in [0.1, 0.15) is 11.5 Å². The minimum absolute atomic E-state index is 0.0262. The Bertz CT molecular complexity index is 977. The predicted molar refractivity (Wildman–Crippen MR) is 102 cm³/mol. The number of fused-ring (bicyclic) bond motifs is 1. The van der Waals surface area contributed by atoms with Crippen molar-refractivity contribution in [3.8, 4) is 5.75 Å². The van der Waals surface area contributed by atoms with Crippen molar-refractivity contribution in [3.63, 3.8) is 0 Å². The van der Waals surface area contributed by atoms with Crippen LogP contribution in [0.1, 0.15) is 38.8 Å². The molecule has 0 spiro atoms. The highest BCUT2D eigenvalue weighted by Gasteiger charge is 2.26. The molecule has 0 N–H and O–H groups in total. The SMILES string of the molecule is Cc1cccc(OCc2nc3c(o2)CN(C(=O)c2cccc(C)c2)CC3)c1. The first-order chi connectivity index (χ1) is 13.1. The van der Waals surface area contributed by atoms with Crippen molar-refractivity contribution in [1.29, 1.82) is 0 Å². The van der Waals surface area contributed by atoms with E-state index < -0.39 is 0 Å². The summed E-state index contributed by atoms with van der Waals surface area (Å²) in [6.07, 6.45) is 0.695. The summed E-state index contributed by atoms with van der Waals surface area (Å²) in [4.78, 5) is 19.1. The predicted octanol–water partition coefficient (Wildman–Crippen LogP) is 4.07. The van der Waals surface area contributed by atoms with Crippen LogP contribution in [0.25, 0.3) is 0 Å². The summed E-state index contributed by atoms with van der Waals surface area (Å²) < 4.78 is 11.6. The van der Waals surface area contributed by atoms with E-state index in [-0.39, 0.29) is 12.5 Å². The average Bonchev–Trinajstić information content (AvgIpc) is 3.08. The Balaban J connectivity index is 1.43. The normalized spacial score (nSPS) is 13.3. The summed E-state index contributed by atoms with van der Waals surface area (Å²) in [7, 11) is 0. The highest BCUT2D eigenvalue weighted by atomic mass is 16.5. The maximum atomic E-state index is 12.8. The minimum Gasteiger partial charge on any atom is -0.484 e. The van der Waals surface area contributed by atoms with Crippen LogP contribution >= 0.6 is 0 Å². The third-order valence-corrected chi connectivity index (χ3v) is 4.68. The molecule has 1 amide bonds. The Morgan fingerprint density at radius 2 is 1.93 bits per heavy atom. The van der Waals surface area contributed by atoms with Gasteiger partial charge in [0.25, 0.3) is 5.91 Å². The van der Waals surface area contributed by atoms with Gasteiger partial charge < -0.3 is 14.1 Å². The van der Waals surface area contributed by atoms with Crippen LogP contribution in [0.4, 0.5) is 0 Å². The third-order valence-electron chi connectivity index (χ3n) is 4.68. The fourth-order valence-corrected chi connectivity index (χ4v) is 3.29. The van der Waals surface area contributed by atoms with E-state index in [0.29, 0.717) is 31.0 Å². The number of oxazole rings is 1. The summed E-state index contributed by atoms with van der Waals surface area (Å²) in [6, 6.07) is 15.5. The van der Waals surface area contributed by atoms with Crippen LogP contribution < -0.4 is 4.74 Å². The molecule has 27 heavy (non-hydrogen) atoms. The van der Waals surface area contributed by atoms with Crippen molar-refractivity contribution in [3.05, 3.63) is 82.6 Å². The van der Waals surface area contributed by atoms with E-state index >= 15 is 0 Å². The molecule has 0 aliphatic carbocycles. The maximum Gasteiger partial charge on any atom is 0.254 e. The zero-order chi connectivity index (χ0) is 18.8. The number of aromatic nitrogens is 1. The number of carbonyl (C=O) groups is 1. The van der Waals surface area contributed by atoms with Gasteiger partial charge in [-0.25, -0.2) is 4.98 Å². The zero-order valence-electron chi connectivity index (χ0n) is 15.6. The third kappa shape index (κ3) is 3.87. The van der Waals surface area contributed by atoms with E-state index in [1.165, 1.54) is 0 Å². The van der Waals surface area contributed by atoms with E-state index in [9.17, 15) is 4.79 Å². The molecule has 3 aromatic rings. The molecule has 2 aromatic carbocycles. The molecule has 0 fully saturated rings. The first-order valence-electron chi connectivity index (χ1n) is 9.11. The molecular weight excluding hydrogens is 340 g/mol. The topological polar surface area (TPSA) is 55.6 Å². The van der Waals surface area contributed by atoms with Crippen molar-refractivity contribution >= 4 is 5.91 Å². The van der Waals surface area contributed by atoms with Crippen molar-refractivity contribution in [1.82, 2.24) is 9.88 Å². The molecule has 1 aliphatic heterocycles. The standard InChI is InChI=1S/C22H22N2O3/c1-15-5-3-7-17(11-15)22(25)24-10-9-19-20(13-24)27-21(23-19)14-26-18-8-4-6-16(2)12-18/h3-8,11-12H,9-10,13-14H2,1-2H3. The molecule has 0 saturated carbocycles. The van der Waals surface area contributed by atoms with Crippen LogP contribution in [0.5, 0.6) is 5.75 Å². The zero-order valence-corrected chi connectivity index (χ0v) is 15.6. The molecule has 0 radical (unpaired) electrons. The van der Waals surface area contributed by atoms with Crippen molar-refractivity contribution in [2.75, 3.05) is 6.54 Å². The second-order valence-corrected chi connectivity index (χ2v) is 6.93. The van der Waals surface area contributed by atoms with Crippen LogP contribution in [0.15, 0.2) is 52.9 Å². The molecule has 0 atom stereocenters. The number of rotatable bonds is 4. The van der Waals surface area contributed by atoms with E-state index in [1.54, 1.807) is 0 Å². The molecule has 0 saturated heterocycles. The van der Waals surface area contributed by atoms with E-state index in [0.717, 1.165) is 28.3 Å². The Labute approximate surface area is 158 Å². The largest absolute Gasteiger partial charge is 0.484 e. The molecule has 2 heterocycles. The molecule has 0 bridgehead atoms. The summed E-state index contributed by atoms with van der Waals surface area (Å²) in [5.41, 5.74) is 3.85. The van der Waals surface area contributed by atoms with E-state index in [2.05, 4.69) is 4.98 Å². The quantitative estimate of drug-likeness (QED) is 0.702. The van der Waals surface area contributed by atoms with Crippen LogP contribution in [0, 0.1) is 13.8 Å². The van der Waals surface area contributed by atoms with E-state index in [1.807, 2.05) is 67.3 Å². The first-order valence-corrected chi connectivity index (χ1v) is 9.11. The summed E-state index contributed by atoms with van der Waals surface area (Å²) >= 11 is 0. The van der Waals surface area contributed by atoms with Crippen LogP contribution in [-0.4, -0.2) is 22.3 Å². The fourth-order valence-electron chi connectivity index (χ4n) is 3.29. The van der Waals surface area contributed by atoms with Crippen LogP contribution in [0.2, 0.25) is 0 Å². The minimum atomic E-state index is 0.0262. The first kappa shape index (κ1) is 17.3. The van der Waals surface area contributed by atoms with Gasteiger partial charge in [0.2, 0.25) is 5.89 Å². The van der Waals surface area contributed by atoms with Gasteiger partial charge in [-0.2, -0.15) is 0 Å². The lowest BCUT2D eigenvalue weighted by Gasteiger charge is -2.25. The number of aryl methyl sites for hydroxylation is 2. The molecule has 4 rings (SSSR count). The molecule has 1 aliphatic rings. The van der Waals surface area contributed by atoms with Crippen molar-refractivity contribution < 1.29 is 13.9 Å². The molecule has 5 heteroatoms. The highest BCUT2D eigenvalue weighted by molar-refractivity contribution is 5.94. The molecule has 5 nitrogen and oxygen atoms in total. The molecule has 1 aromatic heterocycles. The Hall–Kier alpha value is -3.08. The molecular formula is C22H22N2O3. The summed E-state index contributed by atoms with van der Waals surface area (Å²) in [6.45, 7) is 5.38. The lowest BCUT2D eigenvalue weighted by Crippen LogP contribution is -2.35. The second kappa shape index (κ2) is 7.27. The highest BCUT2D eigenvalue weighted by Crippen LogP contribution is 2.23. The van der Waals surface area contributed by atoms with Crippen molar-refractivity contribution in [2.24, 2.45) is 0 Å². The number of benzene rings is 2. The summed E-state index contributed by atoms with van der Waals surface area (Å²) in [5, 5.41) is 0. The lowest BCUT2D eigenvalue weighted by molar-refractivity contribution is 0.0718. The molecule has 0 unspecified atom stereocenters. The Kier molecular flexibility index (Phi) is 4.67. The van der Waals surface area contributed by atoms with Gasteiger partial charge in [-0.3, -0.25) is 4.79 Å². The maximum absolute atomic E-state index is 12.8.